The molecule has 2 aromatic carbocycles. The number of rotatable bonds is 7. The molecule has 0 saturated carbocycles. The first kappa shape index (κ1) is 19.9. The number of aliphatic hydroxyl groups is 5. The van der Waals surface area contributed by atoms with E-state index in [1.54, 1.807) is 18.2 Å². The third-order valence-corrected chi connectivity index (χ3v) is 5.30. The van der Waals surface area contributed by atoms with Crippen molar-refractivity contribution in [1.82, 2.24) is 0 Å². The maximum Gasteiger partial charge on any atom is 0.172 e. The number of carbonyl (C=O) groups excluding carboxylic acids is 1. The van der Waals surface area contributed by atoms with Crippen molar-refractivity contribution in [2.24, 2.45) is 0 Å². The zero-order valence-electron chi connectivity index (χ0n) is 14.3. The Morgan fingerprint density at radius 3 is 2.26 bits per heavy atom. The normalized spacial score (nSPS) is 22.9. The average Bonchev–Trinajstić information content (AvgIpc) is 2.68. The highest BCUT2D eigenvalue weighted by atomic mass is 35.5. The Morgan fingerprint density at radius 1 is 0.963 bits per heavy atom. The quantitative estimate of drug-likeness (QED) is 0.470. The first-order chi connectivity index (χ1) is 12.9. The topological polar surface area (TPSA) is 118 Å². The van der Waals surface area contributed by atoms with Gasteiger partial charge in [-0.25, -0.2) is 0 Å². The highest BCUT2D eigenvalue weighted by Gasteiger charge is 2.47. The molecule has 0 bridgehead atoms. The van der Waals surface area contributed by atoms with Crippen LogP contribution in [-0.2, 0) is 4.79 Å². The van der Waals surface area contributed by atoms with Crippen molar-refractivity contribution in [3.05, 3.63) is 70.2 Å². The second-order valence-electron chi connectivity index (χ2n) is 6.72. The van der Waals surface area contributed by atoms with E-state index < -0.39 is 42.7 Å². The minimum absolute atomic E-state index is 0.339. The SMILES string of the molecule is O=C(C1c2ccc(Cl)cc2C1c1ccccc1)[C@H](O)[C@@H](O)[C@H](O)[C@H](O)CO. The van der Waals surface area contributed by atoms with Gasteiger partial charge >= 0.3 is 0 Å². The minimum Gasteiger partial charge on any atom is -0.394 e. The molecule has 2 aromatic rings. The molecule has 27 heavy (non-hydrogen) atoms. The van der Waals surface area contributed by atoms with Gasteiger partial charge < -0.3 is 25.5 Å². The molecule has 6 atom stereocenters. The van der Waals surface area contributed by atoms with E-state index in [1.807, 2.05) is 30.3 Å². The highest BCUT2D eigenvalue weighted by molar-refractivity contribution is 6.30. The Labute approximate surface area is 161 Å². The number of ketones is 1. The van der Waals surface area contributed by atoms with E-state index >= 15 is 0 Å². The van der Waals surface area contributed by atoms with Crippen LogP contribution in [0, 0.1) is 0 Å². The molecule has 0 aliphatic heterocycles. The zero-order valence-corrected chi connectivity index (χ0v) is 15.1. The lowest BCUT2D eigenvalue weighted by Crippen LogP contribution is -2.51. The number of hydrogen-bond donors (Lipinski definition) is 5. The smallest absolute Gasteiger partial charge is 0.172 e. The fourth-order valence-electron chi connectivity index (χ4n) is 3.59. The van der Waals surface area contributed by atoms with Crippen LogP contribution in [0.1, 0.15) is 28.5 Å². The summed E-state index contributed by atoms with van der Waals surface area (Å²) in [7, 11) is 0. The van der Waals surface area contributed by atoms with Gasteiger partial charge in [0.1, 0.15) is 24.4 Å². The number of fused-ring (bicyclic) bond motifs is 1. The summed E-state index contributed by atoms with van der Waals surface area (Å²) in [5, 5.41) is 49.0. The number of benzene rings is 2. The van der Waals surface area contributed by atoms with E-state index in [-0.39, 0.29) is 5.92 Å². The Balaban J connectivity index is 1.91. The third kappa shape index (κ3) is 3.65. The lowest BCUT2D eigenvalue weighted by atomic mass is 9.62. The molecule has 0 amide bonds. The Kier molecular flexibility index (Phi) is 5.95. The van der Waals surface area contributed by atoms with E-state index in [2.05, 4.69) is 0 Å². The molecule has 3 rings (SSSR count). The number of halogens is 1. The van der Waals surface area contributed by atoms with Crippen molar-refractivity contribution in [3.63, 3.8) is 0 Å². The van der Waals surface area contributed by atoms with Gasteiger partial charge in [0.05, 0.1) is 12.5 Å². The second-order valence-corrected chi connectivity index (χ2v) is 7.15. The molecule has 5 N–H and O–H groups in total. The standard InChI is InChI=1S/C20H21ClO6/c21-11-6-7-12-13(8-11)15(10-4-2-1-3-5-10)16(12)18(25)20(27)19(26)17(24)14(23)9-22/h1-8,14-17,19-20,22-24,26-27H,9H2/t14-,15?,16?,17-,19+,20+/m1/s1. The summed E-state index contributed by atoms with van der Waals surface area (Å²) < 4.78 is 0. The van der Waals surface area contributed by atoms with Gasteiger partial charge in [0.15, 0.2) is 5.78 Å². The lowest BCUT2D eigenvalue weighted by molar-refractivity contribution is -0.149. The molecule has 0 spiro atoms. The fraction of sp³-hybridized carbons (Fsp3) is 0.350. The van der Waals surface area contributed by atoms with Crippen molar-refractivity contribution >= 4 is 17.4 Å². The Hall–Kier alpha value is -1.80. The van der Waals surface area contributed by atoms with E-state index in [4.69, 9.17) is 16.7 Å². The molecular formula is C20H21ClO6. The van der Waals surface area contributed by atoms with Gasteiger partial charge in [0, 0.05) is 10.9 Å². The van der Waals surface area contributed by atoms with E-state index in [9.17, 15) is 25.2 Å². The predicted octanol–water partition coefficient (Wildman–Crippen LogP) is 0.574. The van der Waals surface area contributed by atoms with E-state index in [1.165, 1.54) is 0 Å². The van der Waals surface area contributed by atoms with Crippen LogP contribution in [0.4, 0.5) is 0 Å². The van der Waals surface area contributed by atoms with Gasteiger partial charge in [-0.1, -0.05) is 48.0 Å². The third-order valence-electron chi connectivity index (χ3n) is 5.06. The highest BCUT2D eigenvalue weighted by Crippen LogP contribution is 2.52. The first-order valence-electron chi connectivity index (χ1n) is 8.58. The first-order valence-corrected chi connectivity index (χ1v) is 8.95. The molecule has 0 heterocycles. The van der Waals surface area contributed by atoms with Gasteiger partial charge in [-0.3, -0.25) is 4.79 Å². The maximum atomic E-state index is 12.9. The second kappa shape index (κ2) is 8.06. The van der Waals surface area contributed by atoms with Crippen LogP contribution >= 0.6 is 11.6 Å². The summed E-state index contributed by atoms with van der Waals surface area (Å²) in [6.45, 7) is -0.809. The molecular weight excluding hydrogens is 372 g/mol. The fourth-order valence-corrected chi connectivity index (χ4v) is 3.77. The van der Waals surface area contributed by atoms with Gasteiger partial charge in [-0.2, -0.15) is 0 Å². The van der Waals surface area contributed by atoms with Crippen molar-refractivity contribution < 1.29 is 30.3 Å². The predicted molar refractivity (Wildman–Crippen MR) is 98.6 cm³/mol. The molecule has 6 nitrogen and oxygen atoms in total. The van der Waals surface area contributed by atoms with E-state index in [0.717, 1.165) is 11.1 Å². The number of carbonyl (C=O) groups is 1. The largest absolute Gasteiger partial charge is 0.394 e. The van der Waals surface area contributed by atoms with E-state index in [0.29, 0.717) is 10.6 Å². The summed E-state index contributed by atoms with van der Waals surface area (Å²) in [6, 6.07) is 14.4. The molecule has 1 aliphatic carbocycles. The molecule has 2 unspecified atom stereocenters. The van der Waals surface area contributed by atoms with Gasteiger partial charge in [0.2, 0.25) is 0 Å². The molecule has 0 aromatic heterocycles. The number of Topliss-reactive ketones (excluding diaryl/α,β-unsaturated/α-hetero) is 1. The maximum absolute atomic E-state index is 12.9. The van der Waals surface area contributed by atoms with Gasteiger partial charge in [0.25, 0.3) is 0 Å². The van der Waals surface area contributed by atoms with Crippen LogP contribution in [0.2, 0.25) is 5.02 Å². The van der Waals surface area contributed by atoms with Crippen molar-refractivity contribution in [1.29, 1.82) is 0 Å². The minimum atomic E-state index is -1.92. The van der Waals surface area contributed by atoms with Crippen LogP contribution in [0.15, 0.2) is 48.5 Å². The molecule has 0 radical (unpaired) electrons. The van der Waals surface area contributed by atoms with Crippen molar-refractivity contribution in [2.45, 2.75) is 36.3 Å². The monoisotopic (exact) mass is 392 g/mol. The Morgan fingerprint density at radius 2 is 1.63 bits per heavy atom. The molecule has 144 valence electrons. The van der Waals surface area contributed by atoms with Crippen LogP contribution in [0.25, 0.3) is 0 Å². The molecule has 0 fully saturated rings. The summed E-state index contributed by atoms with van der Waals surface area (Å²) in [4.78, 5) is 12.9. The molecule has 7 heteroatoms. The van der Waals surface area contributed by atoms with Gasteiger partial charge in [-0.15, -0.1) is 0 Å². The Bertz CT molecular complexity index is 811. The molecule has 1 aliphatic rings. The van der Waals surface area contributed by atoms with Crippen LogP contribution in [0.5, 0.6) is 0 Å². The zero-order chi connectivity index (χ0) is 19.7. The average molecular weight is 393 g/mol. The number of aliphatic hydroxyl groups excluding tert-OH is 5. The lowest BCUT2D eigenvalue weighted by Gasteiger charge is -2.41. The molecule has 0 saturated heterocycles. The summed E-state index contributed by atoms with van der Waals surface area (Å²) in [5.41, 5.74) is 2.43. The van der Waals surface area contributed by atoms with Crippen LogP contribution < -0.4 is 0 Å². The van der Waals surface area contributed by atoms with Crippen molar-refractivity contribution in [3.8, 4) is 0 Å². The summed E-state index contributed by atoms with van der Waals surface area (Å²) in [6.07, 6.45) is -7.36. The van der Waals surface area contributed by atoms with Crippen LogP contribution in [-0.4, -0.2) is 62.3 Å². The van der Waals surface area contributed by atoms with Gasteiger partial charge in [-0.05, 0) is 28.8 Å². The summed E-state index contributed by atoms with van der Waals surface area (Å²) >= 11 is 6.08. The number of hydrogen-bond acceptors (Lipinski definition) is 6. The summed E-state index contributed by atoms with van der Waals surface area (Å²) in [5.74, 6) is -1.73. The van der Waals surface area contributed by atoms with Crippen LogP contribution in [0.3, 0.4) is 0 Å². The van der Waals surface area contributed by atoms with Crippen molar-refractivity contribution in [2.75, 3.05) is 6.61 Å².